The van der Waals surface area contributed by atoms with Crippen molar-refractivity contribution in [2.24, 2.45) is 0 Å². The molecule has 0 fully saturated rings. The minimum absolute atomic E-state index is 0.0638. The van der Waals surface area contributed by atoms with Crippen LogP contribution in [0.4, 0.5) is 5.69 Å². The number of aromatic amines is 1. The first-order chi connectivity index (χ1) is 7.62. The highest BCUT2D eigenvalue weighted by Crippen LogP contribution is 2.21. The quantitative estimate of drug-likeness (QED) is 0.818. The third kappa shape index (κ3) is 2.28. The van der Waals surface area contributed by atoms with Crippen molar-refractivity contribution >= 4 is 38.2 Å². The van der Waals surface area contributed by atoms with Gasteiger partial charge in [0.15, 0.2) is 0 Å². The van der Waals surface area contributed by atoms with Crippen LogP contribution in [0.2, 0.25) is 0 Å². The van der Waals surface area contributed by atoms with E-state index in [0.717, 1.165) is 5.39 Å². The number of anilines is 1. The number of H-pyrrole nitrogens is 1. The molecular weight excluding hydrogens is 250 g/mol. The van der Waals surface area contributed by atoms with Gasteiger partial charge in [0, 0.05) is 11.3 Å². The molecule has 2 aromatic rings. The van der Waals surface area contributed by atoms with Gasteiger partial charge in [-0.25, -0.2) is 8.42 Å². The first-order valence-electron chi connectivity index (χ1n) is 4.61. The van der Waals surface area contributed by atoms with Crippen molar-refractivity contribution < 1.29 is 8.42 Å². The van der Waals surface area contributed by atoms with Crippen LogP contribution < -0.4 is 4.72 Å². The highest BCUT2D eigenvalue weighted by atomic mass is 35.5. The van der Waals surface area contributed by atoms with E-state index in [9.17, 15) is 8.42 Å². The van der Waals surface area contributed by atoms with Gasteiger partial charge in [-0.15, -0.1) is 11.6 Å². The molecular formula is C9H10ClN3O2S. The lowest BCUT2D eigenvalue weighted by Crippen LogP contribution is -2.17. The molecule has 1 aromatic carbocycles. The molecule has 0 spiro atoms. The Morgan fingerprint density at radius 2 is 2.25 bits per heavy atom. The van der Waals surface area contributed by atoms with Gasteiger partial charge in [0.05, 0.1) is 23.2 Å². The molecule has 86 valence electrons. The first-order valence-corrected chi connectivity index (χ1v) is 6.79. The number of hydrogen-bond acceptors (Lipinski definition) is 3. The van der Waals surface area contributed by atoms with Crippen molar-refractivity contribution in [3.05, 3.63) is 24.4 Å². The lowest BCUT2D eigenvalue weighted by molar-refractivity contribution is 0.602. The molecule has 0 radical (unpaired) electrons. The SMILES string of the molecule is O=S(=O)(CCCl)Nc1cccc2cn[nH]c12. The number of halogens is 1. The first kappa shape index (κ1) is 11.2. The predicted octanol–water partition coefficient (Wildman–Crippen LogP) is 1.54. The molecule has 2 rings (SSSR count). The van der Waals surface area contributed by atoms with Crippen molar-refractivity contribution in [3.63, 3.8) is 0 Å². The zero-order valence-electron chi connectivity index (χ0n) is 8.27. The number of para-hydroxylation sites is 1. The topological polar surface area (TPSA) is 74.8 Å². The number of benzene rings is 1. The fourth-order valence-corrected chi connectivity index (χ4v) is 2.79. The molecule has 0 aliphatic heterocycles. The fourth-order valence-electron chi connectivity index (χ4n) is 1.37. The number of alkyl halides is 1. The summed E-state index contributed by atoms with van der Waals surface area (Å²) in [7, 11) is -3.38. The lowest BCUT2D eigenvalue weighted by Gasteiger charge is -2.06. The maximum absolute atomic E-state index is 11.5. The van der Waals surface area contributed by atoms with Crippen LogP contribution in [0.15, 0.2) is 24.4 Å². The Bertz CT molecular complexity index is 594. The summed E-state index contributed by atoms with van der Waals surface area (Å²) in [5.41, 5.74) is 1.15. The number of aromatic nitrogens is 2. The van der Waals surface area contributed by atoms with Gasteiger partial charge in [-0.05, 0) is 6.07 Å². The summed E-state index contributed by atoms with van der Waals surface area (Å²) in [6.07, 6.45) is 1.63. The third-order valence-electron chi connectivity index (χ3n) is 2.09. The van der Waals surface area contributed by atoms with E-state index in [4.69, 9.17) is 11.6 Å². The van der Waals surface area contributed by atoms with Crippen LogP contribution in [-0.4, -0.2) is 30.2 Å². The smallest absolute Gasteiger partial charge is 0.233 e. The van der Waals surface area contributed by atoms with E-state index in [-0.39, 0.29) is 11.6 Å². The van der Waals surface area contributed by atoms with Crippen LogP contribution >= 0.6 is 11.6 Å². The summed E-state index contributed by atoms with van der Waals surface area (Å²) in [4.78, 5) is 0. The Hall–Kier alpha value is -1.27. The maximum atomic E-state index is 11.5. The molecule has 0 amide bonds. The molecule has 1 heterocycles. The van der Waals surface area contributed by atoms with Crippen LogP contribution in [0.1, 0.15) is 0 Å². The highest BCUT2D eigenvalue weighted by Gasteiger charge is 2.11. The summed E-state index contributed by atoms with van der Waals surface area (Å²) < 4.78 is 25.5. The predicted molar refractivity (Wildman–Crippen MR) is 64.2 cm³/mol. The Morgan fingerprint density at radius 1 is 1.44 bits per heavy atom. The minimum atomic E-state index is -3.38. The number of rotatable bonds is 4. The average Bonchev–Trinajstić information content (AvgIpc) is 2.65. The summed E-state index contributed by atoms with van der Waals surface area (Å²) >= 11 is 5.41. The van der Waals surface area contributed by atoms with Gasteiger partial charge < -0.3 is 0 Å². The van der Waals surface area contributed by atoms with E-state index in [0.29, 0.717) is 11.2 Å². The fraction of sp³-hybridized carbons (Fsp3) is 0.222. The summed E-state index contributed by atoms with van der Waals surface area (Å²) in [6, 6.07) is 5.28. The van der Waals surface area contributed by atoms with Gasteiger partial charge >= 0.3 is 0 Å². The van der Waals surface area contributed by atoms with Crippen LogP contribution in [0.3, 0.4) is 0 Å². The average molecular weight is 260 g/mol. The maximum Gasteiger partial charge on any atom is 0.233 e. The molecule has 0 aliphatic rings. The number of fused-ring (bicyclic) bond motifs is 1. The van der Waals surface area contributed by atoms with Gasteiger partial charge in [-0.1, -0.05) is 12.1 Å². The molecule has 0 saturated heterocycles. The van der Waals surface area contributed by atoms with Crippen LogP contribution in [-0.2, 0) is 10.0 Å². The second-order valence-electron chi connectivity index (χ2n) is 3.25. The molecule has 5 nitrogen and oxygen atoms in total. The molecule has 0 unspecified atom stereocenters. The van der Waals surface area contributed by atoms with Gasteiger partial charge in [-0.2, -0.15) is 5.10 Å². The van der Waals surface area contributed by atoms with E-state index in [1.54, 1.807) is 18.3 Å². The largest absolute Gasteiger partial charge is 0.281 e. The summed E-state index contributed by atoms with van der Waals surface area (Å²) in [5.74, 6) is -0.0482. The third-order valence-corrected chi connectivity index (χ3v) is 3.77. The van der Waals surface area contributed by atoms with Gasteiger partial charge in [0.2, 0.25) is 10.0 Å². The summed E-state index contributed by atoms with van der Waals surface area (Å²) in [5, 5.41) is 7.45. The van der Waals surface area contributed by atoms with Crippen LogP contribution in [0.5, 0.6) is 0 Å². The molecule has 1 aromatic heterocycles. The highest BCUT2D eigenvalue weighted by molar-refractivity contribution is 7.92. The normalized spacial score (nSPS) is 11.8. The van der Waals surface area contributed by atoms with E-state index < -0.39 is 10.0 Å². The second kappa shape index (κ2) is 4.31. The molecule has 0 atom stereocenters. The van der Waals surface area contributed by atoms with E-state index in [1.807, 2.05) is 6.07 Å². The minimum Gasteiger partial charge on any atom is -0.281 e. The van der Waals surface area contributed by atoms with E-state index >= 15 is 0 Å². The van der Waals surface area contributed by atoms with Gasteiger partial charge in [0.25, 0.3) is 0 Å². The van der Waals surface area contributed by atoms with E-state index in [1.165, 1.54) is 0 Å². The molecule has 0 saturated carbocycles. The number of nitrogens with zero attached hydrogens (tertiary/aromatic N) is 1. The monoisotopic (exact) mass is 259 g/mol. The molecule has 16 heavy (non-hydrogen) atoms. The van der Waals surface area contributed by atoms with Crippen molar-refractivity contribution in [1.29, 1.82) is 0 Å². The molecule has 7 heteroatoms. The van der Waals surface area contributed by atoms with Crippen LogP contribution in [0, 0.1) is 0 Å². The van der Waals surface area contributed by atoms with Crippen molar-refractivity contribution in [2.75, 3.05) is 16.4 Å². The van der Waals surface area contributed by atoms with Crippen molar-refractivity contribution in [2.45, 2.75) is 0 Å². The summed E-state index contributed by atoms with van der Waals surface area (Å²) in [6.45, 7) is 0. The number of nitrogens with one attached hydrogen (secondary N) is 2. The Kier molecular flexibility index (Phi) is 3.02. The Balaban J connectivity index is 2.38. The zero-order valence-corrected chi connectivity index (χ0v) is 9.85. The molecule has 2 N–H and O–H groups in total. The standard InChI is InChI=1S/C9H10ClN3O2S/c10-4-5-16(14,15)13-8-3-1-2-7-6-11-12-9(7)8/h1-3,6,13H,4-5H2,(H,11,12). The Labute approximate surface area is 97.9 Å². The number of hydrogen-bond donors (Lipinski definition) is 2. The van der Waals surface area contributed by atoms with Gasteiger partial charge in [0.1, 0.15) is 0 Å². The Morgan fingerprint density at radius 3 is 3.00 bits per heavy atom. The number of sulfonamides is 1. The van der Waals surface area contributed by atoms with Crippen molar-refractivity contribution in [1.82, 2.24) is 10.2 Å². The van der Waals surface area contributed by atoms with Gasteiger partial charge in [-0.3, -0.25) is 9.82 Å². The lowest BCUT2D eigenvalue weighted by atomic mass is 10.2. The molecule has 0 bridgehead atoms. The van der Waals surface area contributed by atoms with Crippen molar-refractivity contribution in [3.8, 4) is 0 Å². The zero-order chi connectivity index (χ0) is 11.6. The second-order valence-corrected chi connectivity index (χ2v) is 5.47. The molecule has 0 aliphatic carbocycles. The van der Waals surface area contributed by atoms with Crippen LogP contribution in [0.25, 0.3) is 10.9 Å². The van der Waals surface area contributed by atoms with E-state index in [2.05, 4.69) is 14.9 Å².